The third kappa shape index (κ3) is 2.42. The summed E-state index contributed by atoms with van der Waals surface area (Å²) in [7, 11) is 2.02. The van der Waals surface area contributed by atoms with Gasteiger partial charge >= 0.3 is 0 Å². The maximum Gasteiger partial charge on any atom is 0.255 e. The molecule has 0 bridgehead atoms. The lowest BCUT2D eigenvalue weighted by molar-refractivity contribution is 0.0726. The van der Waals surface area contributed by atoms with Crippen LogP contribution in [0.5, 0.6) is 11.5 Å². The molecule has 0 saturated heterocycles. The van der Waals surface area contributed by atoms with Crippen LogP contribution in [0.4, 0.5) is 11.4 Å². The molecule has 0 N–H and O–H groups in total. The molecular weight excluding hydrogens is 470 g/mol. The van der Waals surface area contributed by atoms with Crippen LogP contribution in [0.1, 0.15) is 75.0 Å². The van der Waals surface area contributed by atoms with Crippen molar-refractivity contribution in [3.8, 4) is 11.5 Å². The summed E-state index contributed by atoms with van der Waals surface area (Å²) in [5.41, 5.74) is 12.1. The van der Waals surface area contributed by atoms with Gasteiger partial charge in [-0.1, -0.05) is 18.2 Å². The maximum atomic E-state index is 14.0. The topological polar surface area (TPSA) is 36.0 Å². The molecule has 1 amide bonds. The number of hydrogen-bond acceptors (Lipinski definition) is 4. The molecule has 3 aromatic carbocycles. The van der Waals surface area contributed by atoms with E-state index in [1.165, 1.54) is 57.6 Å². The number of anilines is 2. The van der Waals surface area contributed by atoms with E-state index >= 15 is 0 Å². The largest absolute Gasteiger partial charge is 0.456 e. The first-order chi connectivity index (χ1) is 18.7. The van der Waals surface area contributed by atoms with E-state index in [2.05, 4.69) is 34.1 Å². The lowest BCUT2D eigenvalue weighted by Gasteiger charge is -2.48. The molecule has 6 aliphatic rings. The number of hydrogen-bond donors (Lipinski definition) is 0. The van der Waals surface area contributed by atoms with Gasteiger partial charge in [0.2, 0.25) is 0 Å². The fourth-order valence-electron chi connectivity index (χ4n) is 8.83. The van der Waals surface area contributed by atoms with Crippen molar-refractivity contribution in [1.29, 1.82) is 0 Å². The van der Waals surface area contributed by atoms with Gasteiger partial charge in [0.15, 0.2) is 0 Å². The minimum absolute atomic E-state index is 0.111. The molecule has 192 valence electrons. The van der Waals surface area contributed by atoms with Crippen LogP contribution in [0, 0.1) is 0 Å². The second-order valence-electron chi connectivity index (χ2n) is 12.1. The third-order valence-electron chi connectivity index (χ3n) is 10.3. The first-order valence-corrected chi connectivity index (χ1v) is 14.6. The summed E-state index contributed by atoms with van der Waals surface area (Å²) < 4.78 is 7.21. The number of amides is 1. The zero-order valence-corrected chi connectivity index (χ0v) is 22.1. The number of fused-ring (bicyclic) bond motifs is 8. The Morgan fingerprint density at radius 1 is 0.711 bits per heavy atom. The minimum atomic E-state index is -0.660. The SMILES string of the molecule is CN1C(=O)c2ccccc2C12c1cc3c4c(c1Oc1c2cc2c5c1CCCN5CCC2)CCCN4CCC3. The summed E-state index contributed by atoms with van der Waals surface area (Å²) in [6.07, 6.45) is 8.96. The number of carbonyl (C=O) groups excluding carboxylic acids is 1. The van der Waals surface area contributed by atoms with Crippen LogP contribution in [-0.2, 0) is 31.2 Å². The Bertz CT molecular complexity index is 1490. The normalized spacial score (nSPS) is 21.4. The average Bonchev–Trinajstić information content (AvgIpc) is 3.18. The van der Waals surface area contributed by atoms with Gasteiger partial charge in [-0.15, -0.1) is 0 Å². The smallest absolute Gasteiger partial charge is 0.255 e. The van der Waals surface area contributed by atoms with Crippen LogP contribution in [-0.4, -0.2) is 44.0 Å². The molecule has 0 fully saturated rings. The van der Waals surface area contributed by atoms with E-state index in [0.717, 1.165) is 87.3 Å². The summed E-state index contributed by atoms with van der Waals surface area (Å²) >= 11 is 0. The van der Waals surface area contributed by atoms with Gasteiger partial charge in [0.1, 0.15) is 17.0 Å². The summed E-state index contributed by atoms with van der Waals surface area (Å²) in [5, 5.41) is 0. The Morgan fingerprint density at radius 2 is 1.24 bits per heavy atom. The van der Waals surface area contributed by atoms with Crippen LogP contribution in [0.15, 0.2) is 36.4 Å². The Labute approximate surface area is 224 Å². The third-order valence-corrected chi connectivity index (χ3v) is 10.3. The number of rotatable bonds is 0. The van der Waals surface area contributed by atoms with E-state index in [9.17, 15) is 4.79 Å². The molecule has 0 aliphatic carbocycles. The Hall–Kier alpha value is -3.47. The molecular formula is C33H33N3O2. The van der Waals surface area contributed by atoms with Crippen LogP contribution in [0.25, 0.3) is 0 Å². The van der Waals surface area contributed by atoms with Gasteiger partial charge in [-0.25, -0.2) is 0 Å². The summed E-state index contributed by atoms with van der Waals surface area (Å²) in [6.45, 7) is 4.54. The number of benzene rings is 3. The highest BCUT2D eigenvalue weighted by Gasteiger charge is 2.56. The molecule has 0 aromatic heterocycles. The molecule has 38 heavy (non-hydrogen) atoms. The Kier molecular flexibility index (Phi) is 4.15. The highest BCUT2D eigenvalue weighted by molar-refractivity contribution is 6.02. The fourth-order valence-corrected chi connectivity index (χ4v) is 8.83. The van der Waals surface area contributed by atoms with E-state index in [0.29, 0.717) is 0 Å². The van der Waals surface area contributed by atoms with Crippen molar-refractivity contribution in [3.63, 3.8) is 0 Å². The second kappa shape index (κ2) is 7.34. The quantitative estimate of drug-likeness (QED) is 0.402. The molecule has 0 radical (unpaired) electrons. The molecule has 0 atom stereocenters. The molecule has 1 spiro atoms. The van der Waals surface area contributed by atoms with Crippen LogP contribution >= 0.6 is 0 Å². The summed E-state index contributed by atoms with van der Waals surface area (Å²) in [5.74, 6) is 2.17. The average molecular weight is 504 g/mol. The summed E-state index contributed by atoms with van der Waals surface area (Å²) in [4.78, 5) is 21.2. The molecule has 0 unspecified atom stereocenters. The number of ether oxygens (including phenoxy) is 1. The molecule has 3 aromatic rings. The minimum Gasteiger partial charge on any atom is -0.456 e. The van der Waals surface area contributed by atoms with Crippen molar-refractivity contribution in [2.75, 3.05) is 43.0 Å². The molecule has 0 saturated carbocycles. The van der Waals surface area contributed by atoms with Gasteiger partial charge in [0.05, 0.1) is 0 Å². The number of aryl methyl sites for hydroxylation is 2. The van der Waals surface area contributed by atoms with Gasteiger partial charge < -0.3 is 19.4 Å². The lowest BCUT2D eigenvalue weighted by Crippen LogP contribution is -2.46. The van der Waals surface area contributed by atoms with Gasteiger partial charge in [0.25, 0.3) is 5.91 Å². The van der Waals surface area contributed by atoms with Gasteiger partial charge in [-0.3, -0.25) is 4.79 Å². The molecule has 6 heterocycles. The number of carbonyl (C=O) groups is 1. The van der Waals surface area contributed by atoms with E-state index in [1.54, 1.807) is 0 Å². The first kappa shape index (κ1) is 21.5. The van der Waals surface area contributed by atoms with E-state index in [-0.39, 0.29) is 5.91 Å². The monoisotopic (exact) mass is 503 g/mol. The molecule has 9 rings (SSSR count). The van der Waals surface area contributed by atoms with Crippen molar-refractivity contribution < 1.29 is 9.53 Å². The van der Waals surface area contributed by atoms with Gasteiger partial charge in [-0.2, -0.15) is 0 Å². The fraction of sp³-hybridized carbons (Fsp3) is 0.424. The van der Waals surface area contributed by atoms with Crippen LogP contribution < -0.4 is 14.5 Å². The van der Waals surface area contributed by atoms with Crippen molar-refractivity contribution >= 4 is 17.3 Å². The van der Waals surface area contributed by atoms with Gasteiger partial charge in [0, 0.05) is 72.4 Å². The highest BCUT2D eigenvalue weighted by Crippen LogP contribution is 2.62. The lowest BCUT2D eigenvalue weighted by atomic mass is 9.70. The first-order valence-electron chi connectivity index (χ1n) is 14.6. The molecule has 6 aliphatic heterocycles. The molecule has 5 heteroatoms. The standard InChI is InChI=1S/C33H33N3O2/c1-34-32(37)22-10-2-3-13-25(22)33(34)26-18-20-8-4-14-35-16-6-11-23(28(20)35)30(26)38-31-24-12-7-17-36-15-5-9-21(29(24)36)19-27(31)33/h2-3,10,13,18-19H,4-9,11-12,14-17H2,1H3. The maximum absolute atomic E-state index is 14.0. The van der Waals surface area contributed by atoms with Crippen LogP contribution in [0.3, 0.4) is 0 Å². The van der Waals surface area contributed by atoms with Gasteiger partial charge in [-0.05, 0) is 86.3 Å². The highest BCUT2D eigenvalue weighted by atomic mass is 16.5. The Morgan fingerprint density at radius 3 is 1.82 bits per heavy atom. The van der Waals surface area contributed by atoms with Crippen molar-refractivity contribution in [3.05, 3.63) is 80.9 Å². The van der Waals surface area contributed by atoms with Crippen LogP contribution in [0.2, 0.25) is 0 Å². The second-order valence-corrected chi connectivity index (χ2v) is 12.1. The zero-order chi connectivity index (χ0) is 25.2. The van der Waals surface area contributed by atoms with Crippen molar-refractivity contribution in [1.82, 2.24) is 4.90 Å². The predicted molar refractivity (Wildman–Crippen MR) is 149 cm³/mol. The van der Waals surface area contributed by atoms with Crippen molar-refractivity contribution in [2.45, 2.75) is 56.9 Å². The Balaban J connectivity index is 1.44. The predicted octanol–water partition coefficient (Wildman–Crippen LogP) is 5.57. The van der Waals surface area contributed by atoms with E-state index < -0.39 is 5.54 Å². The van der Waals surface area contributed by atoms with E-state index in [4.69, 9.17) is 4.74 Å². The van der Waals surface area contributed by atoms with Crippen molar-refractivity contribution in [2.24, 2.45) is 0 Å². The molecule has 5 nitrogen and oxygen atoms in total. The van der Waals surface area contributed by atoms with E-state index in [1.807, 2.05) is 24.1 Å². The summed E-state index contributed by atoms with van der Waals surface area (Å²) in [6, 6.07) is 13.2. The number of nitrogens with zero attached hydrogens (tertiary/aromatic N) is 3. The zero-order valence-electron chi connectivity index (χ0n) is 22.1.